The lowest BCUT2D eigenvalue weighted by Gasteiger charge is -2.05. The van der Waals surface area contributed by atoms with Gasteiger partial charge in [-0.3, -0.25) is 24.7 Å². The summed E-state index contributed by atoms with van der Waals surface area (Å²) in [5.41, 5.74) is 0.959. The first kappa shape index (κ1) is 20.8. The van der Waals surface area contributed by atoms with E-state index in [1.807, 2.05) is 11.9 Å². The summed E-state index contributed by atoms with van der Waals surface area (Å²) in [4.78, 5) is 46.6. The number of nitrogens with one attached hydrogen (secondary N) is 3. The fourth-order valence-electron chi connectivity index (χ4n) is 1.87. The molecule has 0 aliphatic rings. The van der Waals surface area contributed by atoms with E-state index in [4.69, 9.17) is 4.74 Å². The molecule has 0 saturated heterocycles. The molecule has 2 aromatic rings. The predicted molar refractivity (Wildman–Crippen MR) is 101 cm³/mol. The van der Waals surface area contributed by atoms with E-state index >= 15 is 0 Å². The Kier molecular flexibility index (Phi) is 7.45. The van der Waals surface area contributed by atoms with E-state index in [0.717, 1.165) is 11.8 Å². The van der Waals surface area contributed by atoms with Crippen molar-refractivity contribution in [2.75, 3.05) is 12.4 Å². The summed E-state index contributed by atoms with van der Waals surface area (Å²) in [6.07, 6.45) is 1.95. The molecule has 0 unspecified atom stereocenters. The van der Waals surface area contributed by atoms with E-state index in [2.05, 4.69) is 20.7 Å². The van der Waals surface area contributed by atoms with Gasteiger partial charge in [0.15, 0.2) is 10.8 Å². The highest BCUT2D eigenvalue weighted by Gasteiger charge is 2.15. The number of thioether (sulfide) groups is 1. The smallest absolute Gasteiger partial charge is 0.342 e. The van der Waals surface area contributed by atoms with Gasteiger partial charge in [0, 0.05) is 11.6 Å². The zero-order valence-corrected chi connectivity index (χ0v) is 15.4. The third-order valence-corrected chi connectivity index (χ3v) is 4.02. The van der Waals surface area contributed by atoms with E-state index in [0.29, 0.717) is 18.6 Å². The molecule has 0 aliphatic carbocycles. The second-order valence-electron chi connectivity index (χ2n) is 5.23. The number of nitrogens with zero attached hydrogens (tertiary/aromatic N) is 3. The molecule has 0 atom stereocenters. The first-order chi connectivity index (χ1) is 13.4. The summed E-state index contributed by atoms with van der Waals surface area (Å²) in [5, 5.41) is 20.4. The van der Waals surface area contributed by atoms with Crippen molar-refractivity contribution in [2.45, 2.75) is 18.4 Å². The van der Waals surface area contributed by atoms with E-state index in [-0.39, 0.29) is 22.2 Å². The van der Waals surface area contributed by atoms with Gasteiger partial charge in [-0.25, -0.2) is 15.3 Å². The molecule has 0 bridgehead atoms. The number of hydrogen-bond donors (Lipinski definition) is 3. The van der Waals surface area contributed by atoms with Crippen LogP contribution in [0, 0.1) is 10.1 Å². The molecule has 0 aliphatic heterocycles. The fraction of sp³-hybridized carbons (Fsp3) is 0.267. The van der Waals surface area contributed by atoms with E-state index in [9.17, 15) is 24.5 Å². The van der Waals surface area contributed by atoms with Gasteiger partial charge in [0.1, 0.15) is 0 Å². The zero-order chi connectivity index (χ0) is 20.5. The maximum Gasteiger partial charge on any atom is 0.342 e. The van der Waals surface area contributed by atoms with Crippen molar-refractivity contribution < 1.29 is 14.5 Å². The summed E-state index contributed by atoms with van der Waals surface area (Å²) in [5.74, 6) is -0.558. The molecule has 0 saturated carbocycles. The Hall–Kier alpha value is -3.48. The largest absolute Gasteiger partial charge is 0.487 e. The van der Waals surface area contributed by atoms with E-state index < -0.39 is 22.1 Å². The van der Waals surface area contributed by atoms with Crippen LogP contribution in [0.3, 0.4) is 0 Å². The molecular formula is C15H16N6O6S. The molecule has 0 spiro atoms. The number of hydrazone groups is 1. The van der Waals surface area contributed by atoms with Crippen molar-refractivity contribution in [2.24, 2.45) is 5.10 Å². The van der Waals surface area contributed by atoms with Crippen LogP contribution in [0.4, 0.5) is 5.69 Å². The summed E-state index contributed by atoms with van der Waals surface area (Å²) in [6, 6.07) is 4.30. The van der Waals surface area contributed by atoms with Gasteiger partial charge >= 0.3 is 11.4 Å². The molecule has 1 aromatic carbocycles. The summed E-state index contributed by atoms with van der Waals surface area (Å²) >= 11 is 0.809. The zero-order valence-electron chi connectivity index (χ0n) is 14.6. The summed E-state index contributed by atoms with van der Waals surface area (Å²) in [6.45, 7) is 2.24. The number of nitro benzene ring substituents is 1. The maximum absolute atomic E-state index is 11.7. The number of amides is 1. The Balaban J connectivity index is 1.95. The quantitative estimate of drug-likeness (QED) is 0.231. The molecule has 1 heterocycles. The molecule has 1 amide bonds. The molecule has 12 nitrogen and oxygen atoms in total. The minimum atomic E-state index is -0.747. The fourth-order valence-corrected chi connectivity index (χ4v) is 2.50. The van der Waals surface area contributed by atoms with Crippen molar-refractivity contribution in [1.82, 2.24) is 20.6 Å². The Labute approximate surface area is 161 Å². The summed E-state index contributed by atoms with van der Waals surface area (Å²) < 4.78 is 5.32. The van der Waals surface area contributed by atoms with Crippen molar-refractivity contribution in [1.29, 1.82) is 0 Å². The lowest BCUT2D eigenvalue weighted by molar-refractivity contribution is -0.385. The van der Waals surface area contributed by atoms with Gasteiger partial charge in [0.05, 0.1) is 23.5 Å². The van der Waals surface area contributed by atoms with Gasteiger partial charge < -0.3 is 4.74 Å². The number of aromatic amines is 2. The number of H-pyrrole nitrogens is 2. The Morgan fingerprint density at radius 1 is 1.46 bits per heavy atom. The SMILES string of the molecule is CCCOc1ccc(/C=N/NC(=O)CSc2n[nH]c(=O)[nH]c2=O)cc1[N+](=O)[O-]. The first-order valence-electron chi connectivity index (χ1n) is 7.95. The van der Waals surface area contributed by atoms with Gasteiger partial charge in [0.2, 0.25) is 5.91 Å². The average molecular weight is 408 g/mol. The summed E-state index contributed by atoms with van der Waals surface area (Å²) in [7, 11) is 0. The number of carbonyl (C=O) groups excluding carboxylic acids is 1. The minimum Gasteiger partial charge on any atom is -0.487 e. The van der Waals surface area contributed by atoms with Crippen LogP contribution >= 0.6 is 11.8 Å². The number of ether oxygens (including phenoxy) is 1. The van der Waals surface area contributed by atoms with Gasteiger partial charge in [0.25, 0.3) is 5.56 Å². The monoisotopic (exact) mass is 408 g/mol. The van der Waals surface area contributed by atoms with Gasteiger partial charge in [-0.2, -0.15) is 10.2 Å². The highest BCUT2D eigenvalue weighted by molar-refractivity contribution is 7.99. The van der Waals surface area contributed by atoms with Crippen LogP contribution in [0.25, 0.3) is 0 Å². The highest BCUT2D eigenvalue weighted by atomic mass is 32.2. The number of rotatable bonds is 9. The Morgan fingerprint density at radius 3 is 2.93 bits per heavy atom. The lowest BCUT2D eigenvalue weighted by atomic mass is 10.2. The number of carbonyl (C=O) groups is 1. The lowest BCUT2D eigenvalue weighted by Crippen LogP contribution is -2.26. The second kappa shape index (κ2) is 10.0. The van der Waals surface area contributed by atoms with Crippen molar-refractivity contribution in [3.63, 3.8) is 0 Å². The molecule has 1 aromatic heterocycles. The molecule has 148 valence electrons. The number of hydrogen-bond acceptors (Lipinski definition) is 9. The standard InChI is InChI=1S/C15H16N6O6S/c1-2-5-27-11-4-3-9(6-10(11)21(25)26)7-16-18-12(22)8-28-14-13(23)17-15(24)20-19-14/h3-4,6-7H,2,5,8H2,1H3,(H,18,22)(H2,17,20,23,24)/b16-7+. The van der Waals surface area contributed by atoms with Gasteiger partial charge in [-0.1, -0.05) is 18.7 Å². The number of aromatic nitrogens is 3. The van der Waals surface area contributed by atoms with Crippen molar-refractivity contribution >= 4 is 29.6 Å². The normalized spacial score (nSPS) is 10.8. The van der Waals surface area contributed by atoms with Crippen LogP contribution in [-0.2, 0) is 4.79 Å². The van der Waals surface area contributed by atoms with Crippen LogP contribution in [0.5, 0.6) is 5.75 Å². The average Bonchev–Trinajstić information content (AvgIpc) is 2.66. The molecule has 28 heavy (non-hydrogen) atoms. The molecule has 0 fully saturated rings. The van der Waals surface area contributed by atoms with Crippen LogP contribution in [0.15, 0.2) is 37.9 Å². The first-order valence-corrected chi connectivity index (χ1v) is 8.94. The molecule has 3 N–H and O–H groups in total. The highest BCUT2D eigenvalue weighted by Crippen LogP contribution is 2.27. The Bertz CT molecular complexity index is 1000. The minimum absolute atomic E-state index is 0.0722. The topological polar surface area (TPSA) is 172 Å². The van der Waals surface area contributed by atoms with Crippen LogP contribution < -0.4 is 21.4 Å². The van der Waals surface area contributed by atoms with Crippen molar-refractivity contribution in [3.05, 3.63) is 54.7 Å². The molecule has 0 radical (unpaired) electrons. The predicted octanol–water partition coefficient (Wildman–Crippen LogP) is 0.398. The van der Waals surface area contributed by atoms with Crippen LogP contribution in [0.1, 0.15) is 18.9 Å². The third-order valence-electron chi connectivity index (χ3n) is 3.06. The van der Waals surface area contributed by atoms with Crippen molar-refractivity contribution in [3.8, 4) is 5.75 Å². The second-order valence-corrected chi connectivity index (χ2v) is 6.19. The molecular weight excluding hydrogens is 392 g/mol. The van der Waals surface area contributed by atoms with E-state index in [1.54, 1.807) is 6.07 Å². The molecule has 13 heteroatoms. The van der Waals surface area contributed by atoms with Gasteiger partial charge in [-0.15, -0.1) is 0 Å². The Morgan fingerprint density at radius 2 is 2.25 bits per heavy atom. The van der Waals surface area contributed by atoms with E-state index in [1.165, 1.54) is 18.3 Å². The van der Waals surface area contributed by atoms with Gasteiger partial charge in [-0.05, 0) is 18.6 Å². The van der Waals surface area contributed by atoms with Crippen LogP contribution in [0.2, 0.25) is 0 Å². The molecule has 2 rings (SSSR count). The number of benzene rings is 1. The number of nitro groups is 1. The maximum atomic E-state index is 11.7. The third kappa shape index (κ3) is 6.05. The van der Waals surface area contributed by atoms with Crippen LogP contribution in [-0.4, -0.2) is 44.6 Å².